The predicted octanol–water partition coefficient (Wildman–Crippen LogP) is 2.99. The number of rotatable bonds is 3. The van der Waals surface area contributed by atoms with Crippen molar-refractivity contribution in [1.82, 2.24) is 0 Å². The van der Waals surface area contributed by atoms with Crippen molar-refractivity contribution in [3.05, 3.63) is 51.5 Å². The molecule has 2 rings (SSSR count). The van der Waals surface area contributed by atoms with Crippen molar-refractivity contribution in [3.63, 3.8) is 0 Å². The maximum atomic E-state index is 12.2. The van der Waals surface area contributed by atoms with Crippen LogP contribution >= 0.6 is 11.3 Å². The minimum absolute atomic E-state index is 0.00553. The smallest absolute Gasteiger partial charge is 0.228 e. The average Bonchev–Trinajstić information content (AvgIpc) is 2.75. The summed E-state index contributed by atoms with van der Waals surface area (Å²) in [4.78, 5) is 24.9. The molecule has 0 atom stereocenters. The van der Waals surface area contributed by atoms with Crippen molar-refractivity contribution in [3.8, 4) is 16.2 Å². The molecule has 0 N–H and O–H groups in total. The number of methoxy groups -OCH3 is 1. The van der Waals surface area contributed by atoms with Crippen LogP contribution in [0.4, 0.5) is 0 Å². The summed E-state index contributed by atoms with van der Waals surface area (Å²) >= 11 is 1.32. The normalized spacial score (nSPS) is 10.1. The fraction of sp³-hybridized carbons (Fsp3) is 0.143. The molecule has 0 aliphatic carbocycles. The van der Waals surface area contributed by atoms with Gasteiger partial charge in [-0.15, -0.1) is 11.3 Å². The van der Waals surface area contributed by atoms with Gasteiger partial charge in [0.1, 0.15) is 0 Å². The van der Waals surface area contributed by atoms with Crippen LogP contribution in [0.15, 0.2) is 41.2 Å². The molecule has 0 bridgehead atoms. The van der Waals surface area contributed by atoms with Crippen LogP contribution < -0.4 is 10.2 Å². The first-order valence-corrected chi connectivity index (χ1v) is 6.23. The number of Topliss-reactive ketones (excluding diaryl/α,β-unsaturated/α-hetero) is 1. The second-order valence-corrected chi connectivity index (χ2v) is 4.83. The van der Waals surface area contributed by atoms with Crippen LogP contribution in [0.3, 0.4) is 0 Å². The second kappa shape index (κ2) is 5.14. The Morgan fingerprint density at radius 3 is 2.50 bits per heavy atom. The Labute approximate surface area is 109 Å². The van der Waals surface area contributed by atoms with Gasteiger partial charge in [0, 0.05) is 10.4 Å². The van der Waals surface area contributed by atoms with Crippen molar-refractivity contribution in [2.24, 2.45) is 0 Å². The monoisotopic (exact) mass is 260 g/mol. The number of ketones is 1. The summed E-state index contributed by atoms with van der Waals surface area (Å²) in [6.07, 6.45) is 0. The van der Waals surface area contributed by atoms with Gasteiger partial charge in [-0.25, -0.2) is 0 Å². The Hall–Kier alpha value is -1.94. The van der Waals surface area contributed by atoms with Crippen molar-refractivity contribution in [1.29, 1.82) is 0 Å². The van der Waals surface area contributed by atoms with Crippen LogP contribution in [0.5, 0.6) is 5.75 Å². The summed E-state index contributed by atoms with van der Waals surface area (Å²) in [5.74, 6) is 0.304. The highest BCUT2D eigenvalue weighted by molar-refractivity contribution is 7.17. The number of thiophene rings is 1. The van der Waals surface area contributed by atoms with Crippen LogP contribution in [0.25, 0.3) is 10.4 Å². The van der Waals surface area contributed by atoms with E-state index < -0.39 is 0 Å². The van der Waals surface area contributed by atoms with Crippen LogP contribution in [-0.4, -0.2) is 12.9 Å². The molecule has 18 heavy (non-hydrogen) atoms. The second-order valence-electron chi connectivity index (χ2n) is 3.75. The molecule has 4 heteroatoms. The van der Waals surface area contributed by atoms with Gasteiger partial charge in [-0.2, -0.15) is 0 Å². The predicted molar refractivity (Wildman–Crippen MR) is 72.6 cm³/mol. The Bertz CT molecular complexity index is 643. The Kier molecular flexibility index (Phi) is 3.58. The standard InChI is InChI=1S/C14H12O3S/c1-9(15)12-7-8-13(18-12)10-5-3-4-6-11(17-2)14(10)16/h3-8H,1-2H3. The van der Waals surface area contributed by atoms with Crippen LogP contribution in [-0.2, 0) is 0 Å². The van der Waals surface area contributed by atoms with E-state index in [9.17, 15) is 9.59 Å². The summed E-state index contributed by atoms with van der Waals surface area (Å²) in [6.45, 7) is 1.51. The summed E-state index contributed by atoms with van der Waals surface area (Å²) in [7, 11) is 1.47. The van der Waals surface area contributed by atoms with Gasteiger partial charge in [-0.3, -0.25) is 9.59 Å². The maximum absolute atomic E-state index is 12.2. The van der Waals surface area contributed by atoms with Gasteiger partial charge in [0.25, 0.3) is 0 Å². The Morgan fingerprint density at radius 1 is 1.17 bits per heavy atom. The lowest BCUT2D eigenvalue weighted by atomic mass is 10.2. The van der Waals surface area contributed by atoms with E-state index in [0.29, 0.717) is 16.2 Å². The van der Waals surface area contributed by atoms with E-state index in [1.807, 2.05) is 0 Å². The van der Waals surface area contributed by atoms with Gasteiger partial charge in [0.05, 0.1) is 12.0 Å². The van der Waals surface area contributed by atoms with Crippen molar-refractivity contribution < 1.29 is 9.53 Å². The van der Waals surface area contributed by atoms with Crippen molar-refractivity contribution >= 4 is 17.1 Å². The molecule has 0 saturated heterocycles. The number of hydrogen-bond acceptors (Lipinski definition) is 4. The lowest BCUT2D eigenvalue weighted by molar-refractivity contribution is 0.102. The van der Waals surface area contributed by atoms with Crippen LogP contribution in [0.2, 0.25) is 0 Å². The molecule has 0 spiro atoms. The van der Waals surface area contributed by atoms with E-state index in [1.54, 1.807) is 36.4 Å². The average molecular weight is 260 g/mol. The zero-order chi connectivity index (χ0) is 13.1. The molecule has 3 nitrogen and oxygen atoms in total. The molecular formula is C14H12O3S. The third kappa shape index (κ3) is 2.33. The lowest BCUT2D eigenvalue weighted by Crippen LogP contribution is -2.04. The quantitative estimate of drug-likeness (QED) is 0.797. The highest BCUT2D eigenvalue weighted by atomic mass is 32.1. The van der Waals surface area contributed by atoms with Crippen LogP contribution in [0.1, 0.15) is 16.6 Å². The van der Waals surface area contributed by atoms with Gasteiger partial charge in [0.2, 0.25) is 5.43 Å². The largest absolute Gasteiger partial charge is 0.493 e. The summed E-state index contributed by atoms with van der Waals surface area (Å²) in [5, 5.41) is 0. The molecular weight excluding hydrogens is 248 g/mol. The SMILES string of the molecule is COc1ccccc(-c2ccc(C(C)=O)s2)c1=O. The first kappa shape index (κ1) is 12.5. The van der Waals surface area contributed by atoms with E-state index in [0.717, 1.165) is 4.88 Å². The number of hydrogen-bond donors (Lipinski definition) is 0. The number of carbonyl (C=O) groups excluding carboxylic acids is 1. The van der Waals surface area contributed by atoms with Crippen molar-refractivity contribution in [2.45, 2.75) is 6.92 Å². The molecule has 0 amide bonds. The van der Waals surface area contributed by atoms with Crippen LogP contribution in [0, 0.1) is 0 Å². The van der Waals surface area contributed by atoms with Gasteiger partial charge in [0.15, 0.2) is 11.5 Å². The molecule has 0 radical (unpaired) electrons. The molecule has 0 fully saturated rings. The molecule has 0 saturated carbocycles. The molecule has 0 aliphatic heterocycles. The minimum atomic E-state index is -0.167. The number of ether oxygens (including phenoxy) is 1. The molecule has 0 aliphatic rings. The highest BCUT2D eigenvalue weighted by Crippen LogP contribution is 2.26. The lowest BCUT2D eigenvalue weighted by Gasteiger charge is -1.95. The van der Waals surface area contributed by atoms with E-state index >= 15 is 0 Å². The number of carbonyl (C=O) groups is 1. The topological polar surface area (TPSA) is 43.4 Å². The van der Waals surface area contributed by atoms with E-state index in [4.69, 9.17) is 4.74 Å². The first-order chi connectivity index (χ1) is 8.63. The summed E-state index contributed by atoms with van der Waals surface area (Å²) in [5.41, 5.74) is 0.383. The third-order valence-electron chi connectivity index (χ3n) is 2.53. The zero-order valence-electron chi connectivity index (χ0n) is 10.1. The fourth-order valence-corrected chi connectivity index (χ4v) is 2.53. The molecule has 1 aromatic heterocycles. The van der Waals surface area contributed by atoms with E-state index in [-0.39, 0.29) is 11.2 Å². The minimum Gasteiger partial charge on any atom is -0.493 e. The van der Waals surface area contributed by atoms with E-state index in [2.05, 4.69) is 0 Å². The summed E-state index contributed by atoms with van der Waals surface area (Å²) in [6, 6.07) is 10.4. The zero-order valence-corrected chi connectivity index (χ0v) is 10.9. The molecule has 0 unspecified atom stereocenters. The molecule has 92 valence electrons. The van der Waals surface area contributed by atoms with E-state index in [1.165, 1.54) is 25.4 Å². The summed E-state index contributed by atoms with van der Waals surface area (Å²) < 4.78 is 5.05. The molecule has 2 aromatic rings. The third-order valence-corrected chi connectivity index (χ3v) is 3.75. The molecule has 1 heterocycles. The maximum Gasteiger partial charge on any atom is 0.228 e. The van der Waals surface area contributed by atoms with Gasteiger partial charge in [-0.1, -0.05) is 12.1 Å². The van der Waals surface area contributed by atoms with Gasteiger partial charge < -0.3 is 4.74 Å². The molecule has 1 aromatic carbocycles. The van der Waals surface area contributed by atoms with Crippen molar-refractivity contribution in [2.75, 3.05) is 7.11 Å². The van der Waals surface area contributed by atoms with Gasteiger partial charge in [-0.05, 0) is 31.2 Å². The first-order valence-electron chi connectivity index (χ1n) is 5.42. The Morgan fingerprint density at radius 2 is 1.89 bits per heavy atom. The van der Waals surface area contributed by atoms with Gasteiger partial charge >= 0.3 is 0 Å². The Balaban J connectivity index is 2.61. The fourth-order valence-electron chi connectivity index (χ4n) is 1.61. The highest BCUT2D eigenvalue weighted by Gasteiger charge is 2.10.